The van der Waals surface area contributed by atoms with Crippen molar-refractivity contribution in [2.24, 2.45) is 7.05 Å². The number of hydrogen-bond acceptors (Lipinski definition) is 4. The van der Waals surface area contributed by atoms with E-state index in [4.69, 9.17) is 0 Å². The number of hydrogen-bond donors (Lipinski definition) is 1. The molecule has 27 heavy (non-hydrogen) atoms. The van der Waals surface area contributed by atoms with E-state index < -0.39 is 17.2 Å². The molecule has 1 aromatic heterocycles. The number of anilines is 1. The van der Waals surface area contributed by atoms with Gasteiger partial charge < -0.3 is 14.6 Å². The first-order valence-electron chi connectivity index (χ1n) is 8.36. The van der Waals surface area contributed by atoms with Crippen molar-refractivity contribution in [2.75, 3.05) is 11.9 Å². The molecule has 1 aliphatic rings. The molecule has 4 rings (SSSR count). The van der Waals surface area contributed by atoms with Gasteiger partial charge in [0.05, 0.1) is 22.3 Å². The molecule has 2 aromatic carbocycles. The predicted molar refractivity (Wildman–Crippen MR) is 103 cm³/mol. The van der Waals surface area contributed by atoms with Gasteiger partial charge in [-0.15, -0.1) is 0 Å². The first-order chi connectivity index (χ1) is 12.9. The Bertz CT molecular complexity index is 1220. The summed E-state index contributed by atoms with van der Waals surface area (Å²) in [6, 6.07) is 13.7. The highest BCUT2D eigenvalue weighted by molar-refractivity contribution is 6.36. The molecule has 0 bridgehead atoms. The Labute approximate surface area is 154 Å². The predicted octanol–water partition coefficient (Wildman–Crippen LogP) is 2.49. The first-order valence-corrected chi connectivity index (χ1v) is 8.36. The summed E-state index contributed by atoms with van der Waals surface area (Å²) in [5.41, 5.74) is 0.731. The number of fused-ring (bicyclic) bond motifs is 2. The van der Waals surface area contributed by atoms with E-state index in [1.165, 1.54) is 15.5 Å². The number of nitrogens with zero attached hydrogens (tertiary/aromatic N) is 2. The molecule has 0 unspecified atom stereocenters. The van der Waals surface area contributed by atoms with Crippen LogP contribution in [0.15, 0.2) is 58.9 Å². The molecule has 134 valence electrons. The van der Waals surface area contributed by atoms with Crippen LogP contribution >= 0.6 is 0 Å². The minimum absolute atomic E-state index is 0.0827. The molecule has 0 spiro atoms. The Balaban J connectivity index is 1.99. The Hall–Kier alpha value is -3.67. The largest absolute Gasteiger partial charge is 0.506 e. The Morgan fingerprint density at radius 2 is 1.59 bits per heavy atom. The molecule has 2 heterocycles. The minimum Gasteiger partial charge on any atom is -0.506 e. The topological polar surface area (TPSA) is 79.6 Å². The van der Waals surface area contributed by atoms with Crippen LogP contribution in [0, 0.1) is 0 Å². The zero-order chi connectivity index (χ0) is 19.3. The summed E-state index contributed by atoms with van der Waals surface area (Å²) < 4.78 is 1.39. The molecule has 6 nitrogen and oxygen atoms in total. The van der Waals surface area contributed by atoms with Crippen LogP contribution in [0.3, 0.4) is 0 Å². The second kappa shape index (κ2) is 5.95. The van der Waals surface area contributed by atoms with E-state index in [1.807, 2.05) is 0 Å². The summed E-state index contributed by atoms with van der Waals surface area (Å²) in [5.74, 6) is -1.24. The van der Waals surface area contributed by atoms with E-state index in [-0.39, 0.29) is 16.9 Å². The lowest BCUT2D eigenvalue weighted by Gasteiger charge is -2.26. The molecule has 0 fully saturated rings. The van der Waals surface area contributed by atoms with E-state index in [9.17, 15) is 19.5 Å². The van der Waals surface area contributed by atoms with Crippen molar-refractivity contribution in [3.8, 4) is 5.75 Å². The fraction of sp³-hybridized carbons (Fsp3) is 0.0952. The maximum atomic E-state index is 12.8. The van der Waals surface area contributed by atoms with E-state index >= 15 is 0 Å². The number of carbonyl (C=O) groups is 2. The van der Waals surface area contributed by atoms with Gasteiger partial charge in [-0.05, 0) is 30.3 Å². The summed E-state index contributed by atoms with van der Waals surface area (Å²) in [6.07, 6.45) is 1.20. The van der Waals surface area contributed by atoms with Gasteiger partial charge in [0.25, 0.3) is 11.5 Å². The van der Waals surface area contributed by atoms with Crippen LogP contribution in [0.2, 0.25) is 0 Å². The van der Waals surface area contributed by atoms with Gasteiger partial charge in [-0.3, -0.25) is 14.4 Å². The van der Waals surface area contributed by atoms with Crippen molar-refractivity contribution in [1.29, 1.82) is 0 Å². The number of amides is 1. The zero-order valence-electron chi connectivity index (χ0n) is 14.8. The van der Waals surface area contributed by atoms with Gasteiger partial charge in [0, 0.05) is 25.0 Å². The summed E-state index contributed by atoms with van der Waals surface area (Å²) >= 11 is 0. The van der Waals surface area contributed by atoms with Gasteiger partial charge in [0.1, 0.15) is 5.75 Å². The molecule has 1 amide bonds. The van der Waals surface area contributed by atoms with Crippen LogP contribution in [0.5, 0.6) is 5.75 Å². The van der Waals surface area contributed by atoms with Gasteiger partial charge in [-0.25, -0.2) is 0 Å². The highest BCUT2D eigenvalue weighted by Gasteiger charge is 2.33. The minimum atomic E-state index is -0.520. The van der Waals surface area contributed by atoms with Crippen molar-refractivity contribution in [2.45, 2.75) is 0 Å². The second-order valence-corrected chi connectivity index (χ2v) is 6.41. The van der Waals surface area contributed by atoms with Crippen molar-refractivity contribution in [1.82, 2.24) is 4.57 Å². The number of ketones is 1. The third-order valence-electron chi connectivity index (χ3n) is 4.89. The van der Waals surface area contributed by atoms with Crippen LogP contribution in [-0.4, -0.2) is 28.4 Å². The summed E-state index contributed by atoms with van der Waals surface area (Å²) in [4.78, 5) is 39.7. The van der Waals surface area contributed by atoms with E-state index in [0.717, 1.165) is 0 Å². The van der Waals surface area contributed by atoms with Gasteiger partial charge in [0.15, 0.2) is 0 Å². The fourth-order valence-electron chi connectivity index (χ4n) is 3.39. The molecule has 0 atom stereocenters. The van der Waals surface area contributed by atoms with Crippen LogP contribution in [-0.2, 0) is 11.8 Å². The molecular formula is C21H16N2O4. The lowest BCUT2D eigenvalue weighted by Crippen LogP contribution is -2.36. The van der Waals surface area contributed by atoms with Gasteiger partial charge in [-0.1, -0.05) is 24.3 Å². The third-order valence-corrected chi connectivity index (χ3v) is 4.89. The summed E-state index contributed by atoms with van der Waals surface area (Å²) in [7, 11) is 3.15. The van der Waals surface area contributed by atoms with Crippen molar-refractivity contribution >= 4 is 34.4 Å². The molecule has 0 aliphatic carbocycles. The van der Waals surface area contributed by atoms with Crippen molar-refractivity contribution < 1.29 is 14.7 Å². The molecule has 0 saturated heterocycles. The molecule has 0 radical (unpaired) electrons. The fourth-order valence-corrected chi connectivity index (χ4v) is 3.39. The highest BCUT2D eigenvalue weighted by atomic mass is 16.3. The number of benzene rings is 2. The SMILES string of the molecule is CN1C(=O)C(=Cc2c(O)c3ccccc3n(C)c2=O)C(=O)c2ccccc21. The number of carbonyl (C=O) groups excluding carboxylic acids is 2. The number of rotatable bonds is 1. The number of para-hydroxylation sites is 2. The third kappa shape index (κ3) is 2.38. The van der Waals surface area contributed by atoms with Gasteiger partial charge in [0.2, 0.25) is 5.78 Å². The quantitative estimate of drug-likeness (QED) is 0.534. The maximum Gasteiger partial charge on any atom is 0.262 e. The number of pyridine rings is 1. The Kier molecular flexibility index (Phi) is 3.70. The van der Waals surface area contributed by atoms with Crippen LogP contribution in [0.25, 0.3) is 17.0 Å². The van der Waals surface area contributed by atoms with Crippen LogP contribution < -0.4 is 10.5 Å². The van der Waals surface area contributed by atoms with E-state index in [1.54, 1.807) is 62.6 Å². The zero-order valence-corrected chi connectivity index (χ0v) is 14.8. The van der Waals surface area contributed by atoms with E-state index in [2.05, 4.69) is 0 Å². The number of aromatic hydroxyl groups is 1. The average Bonchev–Trinajstić information content (AvgIpc) is 2.70. The standard InChI is InChI=1S/C21H16N2O4/c1-22-16-9-5-3-7-12(16)18(24)14(20(22)26)11-15-19(25)13-8-4-6-10-17(13)23(2)21(15)27/h3-11,24H,1-2H3. The summed E-state index contributed by atoms with van der Waals surface area (Å²) in [5, 5.41) is 11.1. The van der Waals surface area contributed by atoms with Gasteiger partial charge in [-0.2, -0.15) is 0 Å². The molecular weight excluding hydrogens is 344 g/mol. The smallest absolute Gasteiger partial charge is 0.262 e. The average molecular weight is 360 g/mol. The van der Waals surface area contributed by atoms with Crippen LogP contribution in [0.4, 0.5) is 5.69 Å². The van der Waals surface area contributed by atoms with Crippen LogP contribution in [0.1, 0.15) is 15.9 Å². The van der Waals surface area contributed by atoms with Crippen molar-refractivity contribution in [3.63, 3.8) is 0 Å². The monoisotopic (exact) mass is 360 g/mol. The van der Waals surface area contributed by atoms with Gasteiger partial charge >= 0.3 is 0 Å². The lowest BCUT2D eigenvalue weighted by molar-refractivity contribution is -0.114. The molecule has 1 N–H and O–H groups in total. The molecule has 3 aromatic rings. The molecule has 0 saturated carbocycles. The van der Waals surface area contributed by atoms with E-state index in [0.29, 0.717) is 22.2 Å². The number of likely N-dealkylation sites (N-methyl/N-ethyl adjacent to an activating group) is 1. The summed E-state index contributed by atoms with van der Waals surface area (Å²) in [6.45, 7) is 0. The molecule has 6 heteroatoms. The lowest BCUT2D eigenvalue weighted by atomic mass is 9.94. The highest BCUT2D eigenvalue weighted by Crippen LogP contribution is 2.32. The number of aromatic nitrogens is 1. The second-order valence-electron chi connectivity index (χ2n) is 6.41. The Morgan fingerprint density at radius 1 is 0.926 bits per heavy atom. The van der Waals surface area contributed by atoms with Crippen molar-refractivity contribution in [3.05, 3.63) is 75.6 Å². The number of aryl methyl sites for hydroxylation is 1. The Morgan fingerprint density at radius 3 is 2.37 bits per heavy atom. The number of Topliss-reactive ketones (excluding diaryl/α,β-unsaturated/α-hetero) is 1. The molecule has 1 aliphatic heterocycles. The normalized spacial score (nSPS) is 15.5. The first kappa shape index (κ1) is 16.8. The maximum absolute atomic E-state index is 12.8.